The number of alkyl halides is 3. The highest BCUT2D eigenvalue weighted by atomic mass is 19.4. The van der Waals surface area contributed by atoms with Crippen molar-refractivity contribution in [2.45, 2.75) is 37.8 Å². The van der Waals surface area contributed by atoms with Gasteiger partial charge in [-0.1, -0.05) is 6.92 Å². The first-order valence-electron chi connectivity index (χ1n) is 7.49. The van der Waals surface area contributed by atoms with Crippen LogP contribution >= 0.6 is 0 Å². The van der Waals surface area contributed by atoms with Gasteiger partial charge in [-0.05, 0) is 43.0 Å². The Morgan fingerprint density at radius 3 is 2.33 bits per heavy atom. The molecule has 0 radical (unpaired) electrons. The molecule has 0 heterocycles. The summed E-state index contributed by atoms with van der Waals surface area (Å²) < 4.78 is 52.2. The molecule has 0 spiro atoms. The lowest BCUT2D eigenvalue weighted by atomic mass is 9.92. The van der Waals surface area contributed by atoms with E-state index in [-0.39, 0.29) is 24.9 Å². The number of aliphatic carboxylic acids is 1. The van der Waals surface area contributed by atoms with E-state index < -0.39 is 41.4 Å². The Balaban J connectivity index is 2.38. The Bertz CT molecular complexity index is 653. The maximum Gasteiger partial charge on any atom is 0.416 e. The molecule has 1 saturated carbocycles. The summed E-state index contributed by atoms with van der Waals surface area (Å²) in [6.07, 6.45) is -3.68. The third kappa shape index (κ3) is 3.68. The van der Waals surface area contributed by atoms with E-state index in [0.29, 0.717) is 12.5 Å². The van der Waals surface area contributed by atoms with Crippen molar-refractivity contribution >= 4 is 11.9 Å². The van der Waals surface area contributed by atoms with Gasteiger partial charge in [0.1, 0.15) is 12.4 Å². The number of hydrogen-bond donors (Lipinski definition) is 1. The maximum atomic E-state index is 13.6. The summed E-state index contributed by atoms with van der Waals surface area (Å²) in [6.45, 7) is 1.40. The number of carboxylic acids is 1. The summed E-state index contributed by atoms with van der Waals surface area (Å²) in [5.74, 6) is -2.84. The Hall–Kier alpha value is -2.12. The van der Waals surface area contributed by atoms with Crippen LogP contribution in [0.15, 0.2) is 18.2 Å². The topological polar surface area (TPSA) is 57.6 Å². The molecule has 0 aromatic heterocycles. The van der Waals surface area contributed by atoms with E-state index in [1.54, 1.807) is 6.92 Å². The van der Waals surface area contributed by atoms with Crippen LogP contribution in [0.2, 0.25) is 0 Å². The molecule has 1 aromatic rings. The first-order chi connectivity index (χ1) is 11.1. The lowest BCUT2D eigenvalue weighted by molar-refractivity contribution is -0.145. The third-order valence-corrected chi connectivity index (χ3v) is 4.04. The van der Waals surface area contributed by atoms with Crippen molar-refractivity contribution in [3.63, 3.8) is 0 Å². The average molecular weight is 347 g/mol. The number of hydrogen-bond acceptors (Lipinski definition) is 2. The molecular weight excluding hydrogens is 330 g/mol. The summed E-state index contributed by atoms with van der Waals surface area (Å²) in [5, 5.41) is 8.91. The van der Waals surface area contributed by atoms with Crippen molar-refractivity contribution in [2.75, 3.05) is 13.1 Å². The monoisotopic (exact) mass is 347 g/mol. The van der Waals surface area contributed by atoms with E-state index >= 15 is 0 Å². The zero-order valence-electron chi connectivity index (χ0n) is 13.0. The van der Waals surface area contributed by atoms with E-state index in [2.05, 4.69) is 0 Å². The standard InChI is InChI=1S/C16H17F4NO3/c1-2-5-21(9-13(22)23)14(24)15(3-4-15)10-6-11(16(18,19)20)8-12(17)7-10/h6-8H,2-5,9H2,1H3,(H,22,23). The molecule has 132 valence electrons. The van der Waals surface area contributed by atoms with E-state index in [1.165, 1.54) is 0 Å². The van der Waals surface area contributed by atoms with Crippen LogP contribution in [-0.4, -0.2) is 35.0 Å². The number of nitrogens with zero attached hydrogens (tertiary/aromatic N) is 1. The largest absolute Gasteiger partial charge is 0.480 e. The smallest absolute Gasteiger partial charge is 0.416 e. The van der Waals surface area contributed by atoms with Gasteiger partial charge in [-0.15, -0.1) is 0 Å². The number of carbonyl (C=O) groups excluding carboxylic acids is 1. The fourth-order valence-electron chi connectivity index (χ4n) is 2.77. The first kappa shape index (κ1) is 18.2. The van der Waals surface area contributed by atoms with Gasteiger partial charge in [0.15, 0.2) is 0 Å². The van der Waals surface area contributed by atoms with Crippen molar-refractivity contribution in [2.24, 2.45) is 0 Å². The minimum absolute atomic E-state index is 0.0497. The lowest BCUT2D eigenvalue weighted by Gasteiger charge is -2.26. The summed E-state index contributed by atoms with van der Waals surface area (Å²) >= 11 is 0. The van der Waals surface area contributed by atoms with Crippen LogP contribution in [0.5, 0.6) is 0 Å². The molecule has 1 fully saturated rings. The fraction of sp³-hybridized carbons (Fsp3) is 0.500. The molecular formula is C16H17F4NO3. The SMILES string of the molecule is CCCN(CC(=O)O)C(=O)C1(c2cc(F)cc(C(F)(F)F)c2)CC1. The number of amides is 1. The Labute approximate surface area is 136 Å². The maximum absolute atomic E-state index is 13.6. The van der Waals surface area contributed by atoms with Gasteiger partial charge in [0.05, 0.1) is 11.0 Å². The summed E-state index contributed by atoms with van der Waals surface area (Å²) in [4.78, 5) is 24.7. The average Bonchev–Trinajstić information content (AvgIpc) is 3.25. The zero-order valence-corrected chi connectivity index (χ0v) is 13.0. The van der Waals surface area contributed by atoms with Crippen LogP contribution in [0.4, 0.5) is 17.6 Å². The second kappa shape index (κ2) is 6.41. The van der Waals surface area contributed by atoms with Crippen LogP contribution in [0.1, 0.15) is 37.3 Å². The normalized spacial score (nSPS) is 15.9. The van der Waals surface area contributed by atoms with Gasteiger partial charge in [0.2, 0.25) is 5.91 Å². The van der Waals surface area contributed by atoms with E-state index in [9.17, 15) is 27.2 Å². The highest BCUT2D eigenvalue weighted by molar-refractivity contribution is 5.93. The van der Waals surface area contributed by atoms with Crippen LogP contribution in [0.25, 0.3) is 0 Å². The Morgan fingerprint density at radius 2 is 1.88 bits per heavy atom. The molecule has 8 heteroatoms. The summed E-state index contributed by atoms with van der Waals surface area (Å²) in [7, 11) is 0. The van der Waals surface area contributed by atoms with Gasteiger partial charge in [-0.2, -0.15) is 13.2 Å². The molecule has 1 aromatic carbocycles. The molecule has 1 N–H and O–H groups in total. The second-order valence-electron chi connectivity index (χ2n) is 5.93. The molecule has 0 bridgehead atoms. The number of benzene rings is 1. The summed E-state index contributed by atoms with van der Waals surface area (Å²) in [5.41, 5.74) is -2.46. The Morgan fingerprint density at radius 1 is 1.25 bits per heavy atom. The van der Waals surface area contributed by atoms with Crippen molar-refractivity contribution in [3.8, 4) is 0 Å². The van der Waals surface area contributed by atoms with Crippen LogP contribution in [-0.2, 0) is 21.2 Å². The van der Waals surface area contributed by atoms with Gasteiger partial charge < -0.3 is 10.0 Å². The predicted molar refractivity (Wildman–Crippen MR) is 76.8 cm³/mol. The molecule has 1 amide bonds. The summed E-state index contributed by atoms with van der Waals surface area (Å²) in [6, 6.07) is 2.08. The van der Waals surface area contributed by atoms with E-state index in [1.807, 2.05) is 0 Å². The zero-order chi connectivity index (χ0) is 18.1. The molecule has 24 heavy (non-hydrogen) atoms. The number of halogens is 4. The molecule has 0 atom stereocenters. The third-order valence-electron chi connectivity index (χ3n) is 4.04. The van der Waals surface area contributed by atoms with Crippen molar-refractivity contribution in [1.29, 1.82) is 0 Å². The minimum Gasteiger partial charge on any atom is -0.480 e. The van der Waals surface area contributed by atoms with E-state index in [4.69, 9.17) is 5.11 Å². The number of carbonyl (C=O) groups is 2. The van der Waals surface area contributed by atoms with Gasteiger partial charge in [0, 0.05) is 6.54 Å². The Kier molecular flexibility index (Phi) is 4.87. The minimum atomic E-state index is -4.72. The van der Waals surface area contributed by atoms with Gasteiger partial charge in [-0.25, -0.2) is 4.39 Å². The molecule has 4 nitrogen and oxygen atoms in total. The van der Waals surface area contributed by atoms with Crippen molar-refractivity contribution < 1.29 is 32.3 Å². The van der Waals surface area contributed by atoms with Crippen LogP contribution < -0.4 is 0 Å². The first-order valence-corrected chi connectivity index (χ1v) is 7.49. The van der Waals surface area contributed by atoms with Crippen molar-refractivity contribution in [1.82, 2.24) is 4.90 Å². The fourth-order valence-corrected chi connectivity index (χ4v) is 2.77. The molecule has 1 aliphatic carbocycles. The van der Waals surface area contributed by atoms with Crippen LogP contribution in [0, 0.1) is 5.82 Å². The second-order valence-corrected chi connectivity index (χ2v) is 5.93. The van der Waals surface area contributed by atoms with E-state index in [0.717, 1.165) is 17.0 Å². The van der Waals surface area contributed by atoms with Crippen molar-refractivity contribution in [3.05, 3.63) is 35.1 Å². The van der Waals surface area contributed by atoms with Gasteiger partial charge in [-0.3, -0.25) is 9.59 Å². The van der Waals surface area contributed by atoms with Crippen LogP contribution in [0.3, 0.4) is 0 Å². The van der Waals surface area contributed by atoms with Gasteiger partial charge in [0.25, 0.3) is 0 Å². The number of rotatable bonds is 6. The lowest BCUT2D eigenvalue weighted by Crippen LogP contribution is -2.42. The molecule has 2 rings (SSSR count). The number of carboxylic acid groups (broad SMARTS) is 1. The molecule has 0 saturated heterocycles. The highest BCUT2D eigenvalue weighted by Gasteiger charge is 2.53. The predicted octanol–water partition coefficient (Wildman–Crippen LogP) is 3.20. The quantitative estimate of drug-likeness (QED) is 0.804. The molecule has 0 unspecified atom stereocenters. The highest BCUT2D eigenvalue weighted by Crippen LogP contribution is 2.50. The molecule has 0 aliphatic heterocycles. The molecule has 1 aliphatic rings. The van der Waals surface area contributed by atoms with Gasteiger partial charge >= 0.3 is 12.1 Å².